The van der Waals surface area contributed by atoms with Crippen molar-refractivity contribution in [2.75, 3.05) is 40.3 Å². The summed E-state index contributed by atoms with van der Waals surface area (Å²) in [5.74, 6) is 0. The summed E-state index contributed by atoms with van der Waals surface area (Å²) in [6.45, 7) is 2.60. The molecule has 1 aliphatic heterocycles. The van der Waals surface area contributed by atoms with Crippen molar-refractivity contribution in [3.05, 3.63) is 40.7 Å². The molecule has 1 aromatic heterocycles. The second kappa shape index (κ2) is 8.18. The maximum absolute atomic E-state index is 12.3. The van der Waals surface area contributed by atoms with Gasteiger partial charge in [-0.15, -0.1) is 11.3 Å². The maximum atomic E-state index is 12.3. The minimum Gasteiger partial charge on any atom is -0.331 e. The smallest absolute Gasteiger partial charge is 0.319 e. The summed E-state index contributed by atoms with van der Waals surface area (Å²) < 4.78 is 0. The lowest BCUT2D eigenvalue weighted by molar-refractivity contribution is 0.128. The number of carbonyl (C=O) groups is 2. The van der Waals surface area contributed by atoms with Crippen LogP contribution in [0.4, 0.5) is 9.59 Å². The van der Waals surface area contributed by atoms with E-state index >= 15 is 0 Å². The predicted molar refractivity (Wildman–Crippen MR) is 102 cm³/mol. The van der Waals surface area contributed by atoms with Crippen molar-refractivity contribution in [3.63, 3.8) is 0 Å². The molecule has 1 N–H and O–H groups in total. The summed E-state index contributed by atoms with van der Waals surface area (Å²) in [6.07, 6.45) is 0. The van der Waals surface area contributed by atoms with Crippen LogP contribution in [-0.2, 0) is 6.54 Å². The van der Waals surface area contributed by atoms with Crippen LogP contribution in [0, 0.1) is 0 Å². The Bertz CT molecular complexity index is 754. The summed E-state index contributed by atoms with van der Waals surface area (Å²) in [5.41, 5.74) is 2.00. The van der Waals surface area contributed by atoms with Crippen molar-refractivity contribution in [3.8, 4) is 11.3 Å². The first kappa shape index (κ1) is 18.2. The fraction of sp³-hybridized carbons (Fsp3) is 0.389. The molecule has 2 heterocycles. The number of nitrogens with zero attached hydrogens (tertiary/aromatic N) is 4. The van der Waals surface area contributed by atoms with Crippen molar-refractivity contribution < 1.29 is 9.59 Å². The Morgan fingerprint density at radius 2 is 1.77 bits per heavy atom. The van der Waals surface area contributed by atoms with Crippen LogP contribution in [0.2, 0.25) is 0 Å². The second-order valence-electron chi connectivity index (χ2n) is 6.30. The van der Waals surface area contributed by atoms with Gasteiger partial charge in [-0.1, -0.05) is 30.3 Å². The molecule has 8 heteroatoms. The van der Waals surface area contributed by atoms with Gasteiger partial charge in [-0.3, -0.25) is 0 Å². The number of aromatic nitrogens is 1. The molecule has 0 radical (unpaired) electrons. The number of rotatable bonds is 3. The van der Waals surface area contributed by atoms with Gasteiger partial charge in [-0.2, -0.15) is 0 Å². The number of piperazine rings is 1. The minimum absolute atomic E-state index is 0.0127. The van der Waals surface area contributed by atoms with E-state index in [4.69, 9.17) is 0 Å². The molecule has 1 aromatic carbocycles. The van der Waals surface area contributed by atoms with Crippen molar-refractivity contribution in [1.29, 1.82) is 0 Å². The van der Waals surface area contributed by atoms with Gasteiger partial charge in [0, 0.05) is 51.2 Å². The highest BCUT2D eigenvalue weighted by Crippen LogP contribution is 2.21. The van der Waals surface area contributed by atoms with Crippen LogP contribution in [0.15, 0.2) is 35.7 Å². The van der Waals surface area contributed by atoms with E-state index in [-0.39, 0.29) is 12.1 Å². The molecule has 0 saturated carbocycles. The van der Waals surface area contributed by atoms with Crippen LogP contribution in [-0.4, -0.2) is 72.0 Å². The molecule has 0 aliphatic carbocycles. The molecular formula is C18H23N5O2S. The van der Waals surface area contributed by atoms with E-state index in [1.165, 1.54) is 11.3 Å². The molecule has 0 bridgehead atoms. The Kier molecular flexibility index (Phi) is 5.72. The molecule has 4 amide bonds. The first-order valence-corrected chi connectivity index (χ1v) is 9.41. The second-order valence-corrected chi connectivity index (χ2v) is 7.24. The fourth-order valence-electron chi connectivity index (χ4n) is 2.78. The molecule has 1 saturated heterocycles. The van der Waals surface area contributed by atoms with Crippen molar-refractivity contribution >= 4 is 23.4 Å². The Labute approximate surface area is 157 Å². The van der Waals surface area contributed by atoms with E-state index in [0.717, 1.165) is 16.3 Å². The van der Waals surface area contributed by atoms with E-state index in [9.17, 15) is 9.59 Å². The molecule has 138 valence electrons. The molecular weight excluding hydrogens is 350 g/mol. The van der Waals surface area contributed by atoms with Gasteiger partial charge in [-0.25, -0.2) is 14.6 Å². The third-order valence-corrected chi connectivity index (χ3v) is 5.08. The molecule has 0 atom stereocenters. The molecule has 26 heavy (non-hydrogen) atoms. The zero-order valence-corrected chi connectivity index (χ0v) is 15.8. The number of hydrogen-bond donors (Lipinski definition) is 1. The standard InChI is InChI=1S/C18H23N5O2S/c1-21(2)18(25)23-10-8-22(9-11-23)17(24)19-12-16-20-15(13-26-16)14-6-4-3-5-7-14/h3-7,13H,8-12H2,1-2H3,(H,19,24). The summed E-state index contributed by atoms with van der Waals surface area (Å²) >= 11 is 1.54. The van der Waals surface area contributed by atoms with E-state index in [1.807, 2.05) is 35.7 Å². The number of carbonyl (C=O) groups excluding carboxylic acids is 2. The highest BCUT2D eigenvalue weighted by molar-refractivity contribution is 7.09. The average molecular weight is 373 g/mol. The van der Waals surface area contributed by atoms with Gasteiger partial charge in [-0.05, 0) is 0 Å². The normalized spacial score (nSPS) is 14.2. The van der Waals surface area contributed by atoms with Crippen LogP contribution in [0.25, 0.3) is 11.3 Å². The van der Waals surface area contributed by atoms with Crippen molar-refractivity contribution in [1.82, 2.24) is 25.0 Å². The first-order chi connectivity index (χ1) is 12.5. The zero-order valence-electron chi connectivity index (χ0n) is 15.0. The van der Waals surface area contributed by atoms with Gasteiger partial charge < -0.3 is 20.0 Å². The number of hydrogen-bond acceptors (Lipinski definition) is 4. The quantitative estimate of drug-likeness (QED) is 0.898. The molecule has 2 aromatic rings. The number of nitrogens with one attached hydrogen (secondary N) is 1. The van der Waals surface area contributed by atoms with Gasteiger partial charge in [0.05, 0.1) is 12.2 Å². The van der Waals surface area contributed by atoms with Crippen LogP contribution in [0.1, 0.15) is 5.01 Å². The lowest BCUT2D eigenvalue weighted by Gasteiger charge is -2.35. The number of benzene rings is 1. The number of amides is 4. The monoisotopic (exact) mass is 373 g/mol. The largest absolute Gasteiger partial charge is 0.331 e. The predicted octanol–water partition coefficient (Wildman–Crippen LogP) is 2.32. The molecule has 1 aliphatic rings. The highest BCUT2D eigenvalue weighted by atomic mass is 32.1. The molecule has 1 fully saturated rings. The van der Waals surface area contributed by atoms with Gasteiger partial charge in [0.2, 0.25) is 0 Å². The summed E-state index contributed by atoms with van der Waals surface area (Å²) in [4.78, 5) is 33.9. The fourth-order valence-corrected chi connectivity index (χ4v) is 3.52. The van der Waals surface area contributed by atoms with Crippen LogP contribution in [0.5, 0.6) is 0 Å². The molecule has 0 spiro atoms. The van der Waals surface area contributed by atoms with Gasteiger partial charge in [0.1, 0.15) is 5.01 Å². The van der Waals surface area contributed by atoms with Gasteiger partial charge >= 0.3 is 12.1 Å². The Morgan fingerprint density at radius 1 is 1.12 bits per heavy atom. The summed E-state index contributed by atoms with van der Waals surface area (Å²) in [6, 6.07) is 9.86. The van der Waals surface area contributed by atoms with Crippen LogP contribution >= 0.6 is 11.3 Å². The summed E-state index contributed by atoms with van der Waals surface area (Å²) in [5, 5.41) is 5.80. The topological polar surface area (TPSA) is 68.8 Å². The molecule has 3 rings (SSSR count). The SMILES string of the molecule is CN(C)C(=O)N1CCN(C(=O)NCc2nc(-c3ccccc3)cs2)CC1. The molecule has 0 unspecified atom stereocenters. The lowest BCUT2D eigenvalue weighted by atomic mass is 10.2. The number of urea groups is 2. The van der Waals surface area contributed by atoms with E-state index in [1.54, 1.807) is 28.8 Å². The lowest BCUT2D eigenvalue weighted by Crippen LogP contribution is -2.54. The van der Waals surface area contributed by atoms with Crippen LogP contribution in [0.3, 0.4) is 0 Å². The Morgan fingerprint density at radius 3 is 2.42 bits per heavy atom. The minimum atomic E-state index is -0.113. The maximum Gasteiger partial charge on any atom is 0.319 e. The van der Waals surface area contributed by atoms with E-state index in [2.05, 4.69) is 10.3 Å². The first-order valence-electron chi connectivity index (χ1n) is 8.53. The Balaban J connectivity index is 1.48. The zero-order chi connectivity index (χ0) is 18.5. The van der Waals surface area contributed by atoms with Crippen LogP contribution < -0.4 is 5.32 Å². The average Bonchev–Trinajstić information content (AvgIpc) is 3.15. The number of thiazole rings is 1. The van der Waals surface area contributed by atoms with Gasteiger partial charge in [0.15, 0.2) is 0 Å². The third kappa shape index (κ3) is 4.32. The van der Waals surface area contributed by atoms with Crippen molar-refractivity contribution in [2.24, 2.45) is 0 Å². The highest BCUT2D eigenvalue weighted by Gasteiger charge is 2.24. The van der Waals surface area contributed by atoms with E-state index < -0.39 is 0 Å². The van der Waals surface area contributed by atoms with Crippen molar-refractivity contribution in [2.45, 2.75) is 6.54 Å². The van der Waals surface area contributed by atoms with Gasteiger partial charge in [0.25, 0.3) is 0 Å². The third-order valence-electron chi connectivity index (χ3n) is 4.23. The summed E-state index contributed by atoms with van der Waals surface area (Å²) in [7, 11) is 3.47. The van der Waals surface area contributed by atoms with E-state index in [0.29, 0.717) is 32.7 Å². The Hall–Kier alpha value is -2.61. The molecule has 7 nitrogen and oxygen atoms in total.